The molecule has 0 amide bonds. The van der Waals surface area contributed by atoms with Gasteiger partial charge in [-0.25, -0.2) is 12.8 Å². The molecular weight excluding hydrogens is 312 g/mol. The third kappa shape index (κ3) is 3.35. The Balaban J connectivity index is 2.41. The Morgan fingerprint density at radius 1 is 1.33 bits per heavy atom. The number of rotatable bonds is 2. The summed E-state index contributed by atoms with van der Waals surface area (Å²) in [6.45, 7) is 2.49. The quantitative estimate of drug-likeness (QED) is 0.844. The number of hydrogen-bond donors (Lipinski definition) is 1. The first-order chi connectivity index (χ1) is 9.62. The fraction of sp³-hybridized carbons (Fsp3) is 0.500. The highest BCUT2D eigenvalue weighted by Gasteiger charge is 2.36. The van der Waals surface area contributed by atoms with Crippen molar-refractivity contribution >= 4 is 10.0 Å². The zero-order valence-electron chi connectivity index (χ0n) is 11.1. The van der Waals surface area contributed by atoms with Gasteiger partial charge in [-0.1, -0.05) is 0 Å². The molecule has 4 nitrogen and oxygen atoms in total. The highest BCUT2D eigenvalue weighted by molar-refractivity contribution is 7.89. The molecule has 0 bridgehead atoms. The fourth-order valence-corrected chi connectivity index (χ4v) is 3.70. The fourth-order valence-electron chi connectivity index (χ4n) is 2.15. The van der Waals surface area contributed by atoms with E-state index in [1.807, 2.05) is 0 Å². The van der Waals surface area contributed by atoms with Crippen LogP contribution in [0, 0.1) is 5.82 Å². The van der Waals surface area contributed by atoms with Crippen molar-refractivity contribution in [3.8, 4) is 0 Å². The first kappa shape index (κ1) is 16.2. The molecule has 1 aromatic rings. The van der Waals surface area contributed by atoms with E-state index in [9.17, 15) is 26.0 Å². The third-order valence-electron chi connectivity index (χ3n) is 3.21. The van der Waals surface area contributed by atoms with Crippen LogP contribution in [-0.2, 0) is 16.2 Å². The van der Waals surface area contributed by atoms with Crippen molar-refractivity contribution in [2.75, 3.05) is 19.6 Å². The predicted molar refractivity (Wildman–Crippen MR) is 67.6 cm³/mol. The Labute approximate surface area is 119 Å². The first-order valence-electron chi connectivity index (χ1n) is 6.22. The summed E-state index contributed by atoms with van der Waals surface area (Å²) in [4.78, 5) is -0.551. The van der Waals surface area contributed by atoms with Gasteiger partial charge >= 0.3 is 6.18 Å². The number of hydrogen-bond acceptors (Lipinski definition) is 3. The Kier molecular flexibility index (Phi) is 4.27. The lowest BCUT2D eigenvalue weighted by molar-refractivity contribution is -0.140. The van der Waals surface area contributed by atoms with E-state index in [4.69, 9.17) is 0 Å². The summed E-state index contributed by atoms with van der Waals surface area (Å²) in [6.07, 6.45) is -4.94. The Morgan fingerprint density at radius 3 is 2.57 bits per heavy atom. The first-order valence-corrected chi connectivity index (χ1v) is 7.66. The van der Waals surface area contributed by atoms with Crippen LogP contribution < -0.4 is 5.32 Å². The van der Waals surface area contributed by atoms with Gasteiger partial charge in [0.15, 0.2) is 0 Å². The Bertz CT molecular complexity index is 631. The summed E-state index contributed by atoms with van der Waals surface area (Å²) in [6, 6.07) is 1.63. The normalized spacial score (nSPS) is 21.5. The van der Waals surface area contributed by atoms with E-state index >= 15 is 0 Å². The smallest absolute Gasteiger partial charge is 0.312 e. The standard InChI is InChI=1S/C12H14F4N2O2S/c1-8-7-18(5-4-17-8)21(19,20)9-2-3-11(13)10(6-9)12(14,15)16/h2-3,6,8,17H,4-5,7H2,1H3/t8-/m0/s1. The maximum absolute atomic E-state index is 13.2. The van der Waals surface area contributed by atoms with Crippen LogP contribution in [-0.4, -0.2) is 38.4 Å². The molecule has 0 spiro atoms. The van der Waals surface area contributed by atoms with Crippen molar-refractivity contribution in [3.05, 3.63) is 29.6 Å². The van der Waals surface area contributed by atoms with Crippen LogP contribution >= 0.6 is 0 Å². The molecule has 0 saturated carbocycles. The minimum absolute atomic E-state index is 0.101. The average molecular weight is 326 g/mol. The molecule has 21 heavy (non-hydrogen) atoms. The molecule has 0 aromatic heterocycles. The predicted octanol–water partition coefficient (Wildman–Crippen LogP) is 1.83. The topological polar surface area (TPSA) is 49.4 Å². The zero-order chi connectivity index (χ0) is 15.8. The lowest BCUT2D eigenvalue weighted by atomic mass is 10.2. The maximum Gasteiger partial charge on any atom is 0.419 e. The number of piperazine rings is 1. The van der Waals surface area contributed by atoms with Crippen molar-refractivity contribution in [2.45, 2.75) is 24.0 Å². The number of halogens is 4. The van der Waals surface area contributed by atoms with E-state index in [-0.39, 0.29) is 19.1 Å². The minimum Gasteiger partial charge on any atom is -0.312 e. The molecule has 9 heteroatoms. The monoisotopic (exact) mass is 326 g/mol. The van der Waals surface area contributed by atoms with Gasteiger partial charge in [0.1, 0.15) is 5.82 Å². The Morgan fingerprint density at radius 2 is 2.00 bits per heavy atom. The highest BCUT2D eigenvalue weighted by Crippen LogP contribution is 2.33. The number of sulfonamides is 1. The molecule has 0 aliphatic carbocycles. The average Bonchev–Trinajstić information content (AvgIpc) is 2.37. The van der Waals surface area contributed by atoms with Crippen molar-refractivity contribution in [2.24, 2.45) is 0 Å². The third-order valence-corrected chi connectivity index (χ3v) is 5.07. The molecule has 1 aliphatic rings. The Hall–Kier alpha value is -1.19. The van der Waals surface area contributed by atoms with Crippen LogP contribution in [0.2, 0.25) is 0 Å². The van der Waals surface area contributed by atoms with Crippen LogP contribution in [0.1, 0.15) is 12.5 Å². The van der Waals surface area contributed by atoms with E-state index in [0.717, 1.165) is 10.4 Å². The summed E-state index contributed by atoms with van der Waals surface area (Å²) in [5.41, 5.74) is -1.58. The lowest BCUT2D eigenvalue weighted by Crippen LogP contribution is -2.51. The van der Waals surface area contributed by atoms with Gasteiger partial charge in [0, 0.05) is 25.7 Å². The largest absolute Gasteiger partial charge is 0.419 e. The number of benzene rings is 1. The minimum atomic E-state index is -4.94. The van der Waals surface area contributed by atoms with Gasteiger partial charge in [0.2, 0.25) is 10.0 Å². The van der Waals surface area contributed by atoms with Crippen LogP contribution in [0.3, 0.4) is 0 Å². The molecule has 1 aromatic carbocycles. The van der Waals surface area contributed by atoms with Gasteiger partial charge in [0.05, 0.1) is 10.5 Å². The van der Waals surface area contributed by atoms with Crippen molar-refractivity contribution < 1.29 is 26.0 Å². The summed E-state index contributed by atoms with van der Waals surface area (Å²) in [7, 11) is -4.07. The second kappa shape index (κ2) is 5.54. The van der Waals surface area contributed by atoms with E-state index in [1.54, 1.807) is 6.92 Å². The number of alkyl halides is 3. The highest BCUT2D eigenvalue weighted by atomic mass is 32.2. The summed E-state index contributed by atoms with van der Waals surface area (Å²) in [5.74, 6) is -1.49. The van der Waals surface area contributed by atoms with E-state index in [0.29, 0.717) is 18.7 Å². The molecule has 118 valence electrons. The molecule has 1 N–H and O–H groups in total. The SMILES string of the molecule is C[C@H]1CN(S(=O)(=O)c2ccc(F)c(C(F)(F)F)c2)CCN1. The van der Waals surface area contributed by atoms with Crippen molar-refractivity contribution in [1.82, 2.24) is 9.62 Å². The summed E-state index contributed by atoms with van der Waals surface area (Å²) >= 11 is 0. The summed E-state index contributed by atoms with van der Waals surface area (Å²) < 4.78 is 77.0. The van der Waals surface area contributed by atoms with Crippen molar-refractivity contribution in [3.63, 3.8) is 0 Å². The second-order valence-electron chi connectivity index (χ2n) is 4.86. The van der Waals surface area contributed by atoms with Gasteiger partial charge < -0.3 is 5.32 Å². The van der Waals surface area contributed by atoms with Crippen LogP contribution in [0.15, 0.2) is 23.1 Å². The molecule has 1 aliphatic heterocycles. The van der Waals surface area contributed by atoms with Gasteiger partial charge in [-0.15, -0.1) is 0 Å². The van der Waals surface area contributed by atoms with Gasteiger partial charge in [0.25, 0.3) is 0 Å². The molecule has 1 fully saturated rings. The summed E-state index contributed by atoms with van der Waals surface area (Å²) in [5, 5.41) is 3.03. The molecule has 1 saturated heterocycles. The van der Waals surface area contributed by atoms with Crippen LogP contribution in [0.4, 0.5) is 17.6 Å². The van der Waals surface area contributed by atoms with Crippen molar-refractivity contribution in [1.29, 1.82) is 0 Å². The van der Waals surface area contributed by atoms with Crippen LogP contribution in [0.25, 0.3) is 0 Å². The second-order valence-corrected chi connectivity index (χ2v) is 6.80. The van der Waals surface area contributed by atoms with E-state index < -0.39 is 32.5 Å². The van der Waals surface area contributed by atoms with E-state index in [2.05, 4.69) is 5.32 Å². The van der Waals surface area contributed by atoms with Gasteiger partial charge in [-0.05, 0) is 25.1 Å². The van der Waals surface area contributed by atoms with Gasteiger partial charge in [-0.2, -0.15) is 17.5 Å². The number of nitrogens with zero attached hydrogens (tertiary/aromatic N) is 1. The van der Waals surface area contributed by atoms with Gasteiger partial charge in [-0.3, -0.25) is 0 Å². The molecule has 0 unspecified atom stereocenters. The molecular formula is C12H14F4N2O2S. The number of nitrogens with one attached hydrogen (secondary N) is 1. The van der Waals surface area contributed by atoms with Crippen LogP contribution in [0.5, 0.6) is 0 Å². The molecule has 1 heterocycles. The lowest BCUT2D eigenvalue weighted by Gasteiger charge is -2.31. The van der Waals surface area contributed by atoms with E-state index in [1.165, 1.54) is 0 Å². The molecule has 0 radical (unpaired) electrons. The molecule has 1 atom stereocenters. The molecule has 2 rings (SSSR count). The maximum atomic E-state index is 13.2. The zero-order valence-corrected chi connectivity index (χ0v) is 11.9.